The van der Waals surface area contributed by atoms with Gasteiger partial charge in [0.25, 0.3) is 5.91 Å². The molecule has 1 unspecified atom stereocenters. The van der Waals surface area contributed by atoms with Crippen molar-refractivity contribution in [2.24, 2.45) is 38.7 Å². The number of nitrogens with two attached hydrogens (primary N) is 1. The van der Waals surface area contributed by atoms with Crippen LogP contribution >= 0.6 is 0 Å². The molecule has 288 valence electrons. The molecule has 1 aliphatic heterocycles. The fourth-order valence-electron chi connectivity index (χ4n) is 9.05. The standard InChI is InChI=1S/C38H65N7O6/c1-33(2,3)25(20-41-31(50)35(7,8)40-11)43-32(51)44-27(34(4,5)6)30(49)45-21-38(36(9,10)37(38)16-13-17-37)19-24(45)29(48)42-23(26(46)28(39)47)18-22-14-12-15-22/h22-25,27,40H,12-21H2,1-11H3,(H2,39,47)(H,41,50)(H,42,48)(H2,43,44,51)/t23?,24-,25+,27+,38+/m0/s1. The molecule has 4 fully saturated rings. The maximum Gasteiger partial charge on any atom is 0.315 e. The normalized spacial score (nSPS) is 25.5. The summed E-state index contributed by atoms with van der Waals surface area (Å²) in [5, 5.41) is 14.7. The largest absolute Gasteiger partial charge is 0.363 e. The van der Waals surface area contributed by atoms with Gasteiger partial charge in [-0.15, -0.1) is 0 Å². The third kappa shape index (κ3) is 7.51. The Balaban J connectivity index is 1.58. The lowest BCUT2D eigenvalue weighted by atomic mass is 9.73. The summed E-state index contributed by atoms with van der Waals surface area (Å²) in [6.45, 7) is 20.0. The van der Waals surface area contributed by atoms with Gasteiger partial charge < -0.3 is 37.2 Å². The highest BCUT2D eigenvalue weighted by molar-refractivity contribution is 6.37. The van der Waals surface area contributed by atoms with Gasteiger partial charge in [0.1, 0.15) is 12.1 Å². The minimum atomic E-state index is -1.09. The zero-order chi connectivity index (χ0) is 38.5. The van der Waals surface area contributed by atoms with Crippen LogP contribution in [0, 0.1) is 33.0 Å². The van der Waals surface area contributed by atoms with Crippen LogP contribution in [0.15, 0.2) is 0 Å². The van der Waals surface area contributed by atoms with Gasteiger partial charge >= 0.3 is 6.03 Å². The van der Waals surface area contributed by atoms with E-state index in [9.17, 15) is 28.8 Å². The van der Waals surface area contributed by atoms with Crippen molar-refractivity contribution in [3.8, 4) is 0 Å². The fraction of sp³-hybridized carbons (Fsp3) is 0.842. The minimum absolute atomic E-state index is 0.0240. The van der Waals surface area contributed by atoms with Gasteiger partial charge in [0.2, 0.25) is 23.5 Å². The first kappa shape index (κ1) is 40.5. The first-order chi connectivity index (χ1) is 23.3. The molecule has 6 amide bonds. The van der Waals surface area contributed by atoms with E-state index in [1.165, 1.54) is 0 Å². The molecule has 4 rings (SSSR count). The number of fused-ring (bicyclic) bond motifs is 1. The lowest BCUT2D eigenvalue weighted by Crippen LogP contribution is -2.62. The Labute approximate surface area is 304 Å². The summed E-state index contributed by atoms with van der Waals surface area (Å²) in [4.78, 5) is 82.1. The molecule has 0 aromatic carbocycles. The molecule has 5 atom stereocenters. The summed E-state index contributed by atoms with van der Waals surface area (Å²) >= 11 is 0. The number of carbonyl (C=O) groups is 6. The summed E-state index contributed by atoms with van der Waals surface area (Å²) in [6.07, 6.45) is 6.81. The number of primary amides is 1. The number of amides is 6. The van der Waals surface area contributed by atoms with Crippen LogP contribution in [0.5, 0.6) is 0 Å². The van der Waals surface area contributed by atoms with Gasteiger partial charge in [-0.25, -0.2) is 4.79 Å². The molecule has 0 aromatic heterocycles. The monoisotopic (exact) mass is 715 g/mol. The van der Waals surface area contributed by atoms with E-state index < -0.39 is 64.2 Å². The number of nitrogens with one attached hydrogen (secondary N) is 5. The van der Waals surface area contributed by atoms with Gasteiger partial charge in [-0.3, -0.25) is 24.0 Å². The smallest absolute Gasteiger partial charge is 0.315 e. The number of likely N-dealkylation sites (N-methyl/N-ethyl adjacent to an activating group) is 1. The third-order valence-electron chi connectivity index (χ3n) is 13.5. The van der Waals surface area contributed by atoms with Crippen LogP contribution in [-0.4, -0.2) is 90.2 Å². The Hall–Kier alpha value is -3.22. The molecule has 13 heteroatoms. The minimum Gasteiger partial charge on any atom is -0.363 e. The summed E-state index contributed by atoms with van der Waals surface area (Å²) in [6, 6.07) is -3.97. The highest BCUT2D eigenvalue weighted by Crippen LogP contribution is 2.88. The van der Waals surface area contributed by atoms with E-state index in [2.05, 4.69) is 40.4 Å². The molecule has 1 heterocycles. The highest BCUT2D eigenvalue weighted by Gasteiger charge is 2.85. The summed E-state index contributed by atoms with van der Waals surface area (Å²) in [5.74, 6) is -2.75. The number of ketones is 1. The molecule has 0 bridgehead atoms. The Morgan fingerprint density at radius 1 is 0.843 bits per heavy atom. The second kappa shape index (κ2) is 14.0. The molecule has 0 radical (unpaired) electrons. The summed E-state index contributed by atoms with van der Waals surface area (Å²) in [5.41, 5.74) is 3.06. The zero-order valence-corrected chi connectivity index (χ0v) is 32.9. The molecule has 51 heavy (non-hydrogen) atoms. The van der Waals surface area contributed by atoms with Crippen molar-refractivity contribution < 1.29 is 28.8 Å². The second-order valence-electron chi connectivity index (χ2n) is 19.1. The predicted molar refractivity (Wildman–Crippen MR) is 195 cm³/mol. The van der Waals surface area contributed by atoms with E-state index in [1.54, 1.807) is 25.8 Å². The molecule has 0 aromatic rings. The van der Waals surface area contributed by atoms with Crippen molar-refractivity contribution in [2.45, 2.75) is 150 Å². The molecule has 7 N–H and O–H groups in total. The molecule has 2 spiro atoms. The van der Waals surface area contributed by atoms with Crippen molar-refractivity contribution in [3.05, 3.63) is 0 Å². The first-order valence-corrected chi connectivity index (χ1v) is 18.8. The van der Waals surface area contributed by atoms with Crippen molar-refractivity contribution >= 4 is 35.4 Å². The third-order valence-corrected chi connectivity index (χ3v) is 13.5. The molecule has 1 saturated heterocycles. The topological polar surface area (TPSA) is 192 Å². The van der Waals surface area contributed by atoms with E-state index in [1.807, 2.05) is 41.5 Å². The van der Waals surface area contributed by atoms with E-state index in [0.717, 1.165) is 38.5 Å². The van der Waals surface area contributed by atoms with Crippen molar-refractivity contribution in [1.82, 2.24) is 31.5 Å². The number of rotatable bonds is 13. The summed E-state index contributed by atoms with van der Waals surface area (Å²) in [7, 11) is 1.71. The molecule has 13 nitrogen and oxygen atoms in total. The number of urea groups is 1. The zero-order valence-electron chi connectivity index (χ0n) is 32.9. The van der Waals surface area contributed by atoms with Crippen LogP contribution in [0.3, 0.4) is 0 Å². The number of carbonyl (C=O) groups excluding carboxylic acids is 6. The average molecular weight is 716 g/mol. The number of hydrogen-bond acceptors (Lipinski definition) is 7. The van der Waals surface area contributed by atoms with Gasteiger partial charge in [-0.05, 0) is 74.2 Å². The number of likely N-dealkylation sites (tertiary alicyclic amines) is 1. The lowest BCUT2D eigenvalue weighted by molar-refractivity contribution is -0.143. The van der Waals surface area contributed by atoms with Crippen LogP contribution in [0.4, 0.5) is 4.79 Å². The Morgan fingerprint density at radius 3 is 1.88 bits per heavy atom. The quantitative estimate of drug-likeness (QED) is 0.158. The number of nitrogens with zero attached hydrogens (tertiary/aromatic N) is 1. The summed E-state index contributed by atoms with van der Waals surface area (Å²) < 4.78 is 0. The van der Waals surface area contributed by atoms with Crippen LogP contribution in [-0.2, 0) is 24.0 Å². The van der Waals surface area contributed by atoms with Crippen molar-refractivity contribution in [2.75, 3.05) is 20.1 Å². The molecular weight excluding hydrogens is 650 g/mol. The molecular formula is C38H65N7O6. The van der Waals surface area contributed by atoms with Crippen LogP contribution in [0.1, 0.15) is 121 Å². The van der Waals surface area contributed by atoms with Crippen LogP contribution < -0.4 is 32.3 Å². The van der Waals surface area contributed by atoms with Crippen LogP contribution in [0.25, 0.3) is 0 Å². The van der Waals surface area contributed by atoms with Gasteiger partial charge in [0.15, 0.2) is 0 Å². The number of hydrogen-bond donors (Lipinski definition) is 6. The Kier molecular flexibility index (Phi) is 11.1. The van der Waals surface area contributed by atoms with Gasteiger partial charge in [-0.1, -0.05) is 81.1 Å². The highest BCUT2D eigenvalue weighted by atomic mass is 16.2. The van der Waals surface area contributed by atoms with E-state index in [-0.39, 0.29) is 40.5 Å². The van der Waals surface area contributed by atoms with Crippen LogP contribution in [0.2, 0.25) is 0 Å². The van der Waals surface area contributed by atoms with E-state index in [0.29, 0.717) is 19.4 Å². The van der Waals surface area contributed by atoms with Crippen molar-refractivity contribution in [3.63, 3.8) is 0 Å². The average Bonchev–Trinajstić information content (AvgIpc) is 3.20. The van der Waals surface area contributed by atoms with E-state index in [4.69, 9.17) is 5.73 Å². The lowest BCUT2D eigenvalue weighted by Gasteiger charge is -2.37. The first-order valence-electron chi connectivity index (χ1n) is 18.8. The fourth-order valence-corrected chi connectivity index (χ4v) is 9.05. The molecule has 3 saturated carbocycles. The maximum absolute atomic E-state index is 14.8. The SMILES string of the molecule is CNC(C)(C)C(=O)NC[C@@H](NC(=O)N[C@H](C(=O)N1C[C@]2(C[C@H]1C(=O)NC(CC1CCC1)C(=O)C(N)=O)C(C)(C)C21CCC1)C(C)(C)C)C(C)(C)C. The maximum atomic E-state index is 14.8. The second-order valence-corrected chi connectivity index (χ2v) is 19.1. The predicted octanol–water partition coefficient (Wildman–Crippen LogP) is 2.76. The van der Waals surface area contributed by atoms with Gasteiger partial charge in [-0.2, -0.15) is 0 Å². The Morgan fingerprint density at radius 2 is 1.45 bits per heavy atom. The van der Waals surface area contributed by atoms with Gasteiger partial charge in [0.05, 0.1) is 17.6 Å². The number of Topliss-reactive ketones (excluding diaryl/α,β-unsaturated/α-hetero) is 1. The molecule has 4 aliphatic rings. The Bertz CT molecular complexity index is 1400. The van der Waals surface area contributed by atoms with Gasteiger partial charge in [0, 0.05) is 18.5 Å². The van der Waals surface area contributed by atoms with Crippen molar-refractivity contribution in [1.29, 1.82) is 0 Å². The molecule has 3 aliphatic carbocycles. The van der Waals surface area contributed by atoms with E-state index >= 15 is 0 Å².